The molecule has 0 amide bonds. The van der Waals surface area contributed by atoms with Crippen LogP contribution in [0.15, 0.2) is 12.4 Å². The van der Waals surface area contributed by atoms with Crippen LogP contribution in [0.25, 0.3) is 0 Å². The maximum atomic E-state index is 2.26. The maximum absolute atomic E-state index is 2.26. The van der Waals surface area contributed by atoms with Crippen molar-refractivity contribution >= 4 is 7.85 Å². The van der Waals surface area contributed by atoms with Gasteiger partial charge in [0, 0.05) is 0 Å². The number of rotatable bonds is 0. The second kappa shape index (κ2) is 1.92. The molecular weight excluding hydrogens is 98.9 g/mol. The molecule has 2 unspecified atom stereocenters. The molecule has 2 N–H and O–H groups in total. The summed E-state index contributed by atoms with van der Waals surface area (Å²) in [5.74, 6) is 0. The van der Waals surface area contributed by atoms with E-state index >= 15 is 0 Å². The zero-order valence-corrected chi connectivity index (χ0v) is 4.73. The minimum Gasteiger partial charge on any atom is -0.292 e. The van der Waals surface area contributed by atoms with Gasteiger partial charge in [-0.3, -0.25) is 9.80 Å². The van der Waals surface area contributed by atoms with Crippen LogP contribution in [-0.4, -0.2) is 28.0 Å². The largest absolute Gasteiger partial charge is 0.292 e. The van der Waals surface area contributed by atoms with Gasteiger partial charge in [0.1, 0.15) is 12.4 Å². The van der Waals surface area contributed by atoms with E-state index in [1.807, 2.05) is 0 Å². The highest BCUT2D eigenvalue weighted by Gasteiger charge is 2.18. The van der Waals surface area contributed by atoms with Gasteiger partial charge in [-0.05, 0) is 0 Å². The molecule has 8 heavy (non-hydrogen) atoms. The molecule has 0 bridgehead atoms. The molecular formula is C5H14BN2+. The molecule has 1 aliphatic heterocycles. The molecule has 0 aromatic heterocycles. The van der Waals surface area contributed by atoms with E-state index in [9.17, 15) is 0 Å². The second-order valence-electron chi connectivity index (χ2n) is 1.97. The van der Waals surface area contributed by atoms with Crippen LogP contribution in [0.4, 0.5) is 0 Å². The molecule has 0 saturated heterocycles. The van der Waals surface area contributed by atoms with Crippen LogP contribution in [0.3, 0.4) is 0 Å². The van der Waals surface area contributed by atoms with Crippen LogP contribution in [0.2, 0.25) is 0 Å². The highest BCUT2D eigenvalue weighted by molar-refractivity contribution is 6.09. The minimum absolute atomic E-state index is 0.519. The number of hydrogen-bond donors (Lipinski definition) is 2. The maximum Gasteiger partial charge on any atom is 0.150 e. The second-order valence-corrected chi connectivity index (χ2v) is 1.97. The first-order valence-corrected chi connectivity index (χ1v) is 2.49. The third-order valence-corrected chi connectivity index (χ3v) is 1.06. The average Bonchev–Trinajstić information content (AvgIpc) is 1.98. The Bertz CT molecular complexity index is 101. The molecule has 0 fully saturated rings. The van der Waals surface area contributed by atoms with Crippen molar-refractivity contribution in [2.45, 2.75) is 6.07 Å². The Morgan fingerprint density at radius 2 is 1.62 bits per heavy atom. The molecule has 0 aromatic rings. The van der Waals surface area contributed by atoms with Crippen molar-refractivity contribution in [3.05, 3.63) is 12.4 Å². The van der Waals surface area contributed by atoms with Crippen molar-refractivity contribution in [3.8, 4) is 0 Å². The molecule has 0 aromatic carbocycles. The topological polar surface area (TPSA) is 8.88 Å². The summed E-state index contributed by atoms with van der Waals surface area (Å²) >= 11 is 0. The van der Waals surface area contributed by atoms with Crippen LogP contribution in [0.1, 0.15) is 0 Å². The predicted octanol–water partition coefficient (Wildman–Crippen LogP) is -3.85. The number of nitrogens with one attached hydrogen (secondary N) is 2. The summed E-state index contributed by atoms with van der Waals surface area (Å²) in [6.45, 7) is 0. The third kappa shape index (κ3) is 0.789. The van der Waals surface area contributed by atoms with Crippen molar-refractivity contribution in [2.24, 2.45) is 0 Å². The Morgan fingerprint density at radius 1 is 1.25 bits per heavy atom. The van der Waals surface area contributed by atoms with Crippen LogP contribution < -0.4 is 9.80 Å². The quantitative estimate of drug-likeness (QED) is 0.298. The molecule has 2 nitrogen and oxygen atoms in total. The lowest BCUT2D eigenvalue weighted by molar-refractivity contribution is -1.01. The van der Waals surface area contributed by atoms with Crippen LogP contribution in [0.5, 0.6) is 0 Å². The zero-order chi connectivity index (χ0) is 6.15. The van der Waals surface area contributed by atoms with Crippen molar-refractivity contribution < 1.29 is 9.80 Å². The van der Waals surface area contributed by atoms with Crippen molar-refractivity contribution in [1.29, 1.82) is 0 Å². The van der Waals surface area contributed by atoms with Gasteiger partial charge in [-0.25, -0.2) is 0 Å². The molecule has 0 aliphatic carbocycles. The minimum atomic E-state index is 0.519. The summed E-state index contributed by atoms with van der Waals surface area (Å²) in [6.07, 6.45) is 4.51. The lowest BCUT2D eigenvalue weighted by Gasteiger charge is -2.17. The van der Waals surface area contributed by atoms with Gasteiger partial charge in [0.15, 0.2) is 0 Å². The Hall–Kier alpha value is -0.275. The van der Waals surface area contributed by atoms with Gasteiger partial charge in [0.25, 0.3) is 0 Å². The standard InChI is InChI=1S/C5H12BN2/c1-7-3-4-8(2)5(7)6/h3-5H,1-2,6H3/q-1/p+2. The van der Waals surface area contributed by atoms with Crippen molar-refractivity contribution in [1.82, 2.24) is 0 Å². The average molecular weight is 113 g/mol. The van der Waals surface area contributed by atoms with Gasteiger partial charge in [-0.15, -0.1) is 0 Å². The lowest BCUT2D eigenvalue weighted by Crippen LogP contribution is -3.26. The van der Waals surface area contributed by atoms with Gasteiger partial charge >= 0.3 is 0 Å². The Labute approximate surface area is 51.2 Å². The van der Waals surface area contributed by atoms with Crippen LogP contribution >= 0.6 is 0 Å². The number of quaternary nitrogens is 2. The summed E-state index contributed by atoms with van der Waals surface area (Å²) in [7, 11) is 5.00. The fraction of sp³-hybridized carbons (Fsp3) is 0.600. The molecule has 1 rings (SSSR count). The Balaban J connectivity index is 2.55. The van der Waals surface area contributed by atoms with Gasteiger partial charge in [-0.1, -0.05) is 0 Å². The highest BCUT2D eigenvalue weighted by atomic mass is 15.3. The van der Waals surface area contributed by atoms with Gasteiger partial charge in [-0.2, -0.15) is 0 Å². The zero-order valence-electron chi connectivity index (χ0n) is 4.73. The first-order valence-electron chi connectivity index (χ1n) is 2.49. The van der Waals surface area contributed by atoms with Gasteiger partial charge in [0.2, 0.25) is 0 Å². The SMILES string of the molecule is [BH3-]C1[NH+](C)C=C[NH+]1C. The first kappa shape index (κ1) is 5.85. The molecule has 0 radical (unpaired) electrons. The summed E-state index contributed by atoms with van der Waals surface area (Å²) in [5.41, 5.74) is 0. The van der Waals surface area contributed by atoms with E-state index in [4.69, 9.17) is 0 Å². The van der Waals surface area contributed by atoms with Crippen molar-refractivity contribution in [2.75, 3.05) is 14.1 Å². The lowest BCUT2D eigenvalue weighted by atomic mass is 10.0. The summed E-state index contributed by atoms with van der Waals surface area (Å²) in [4.78, 5) is 3.20. The van der Waals surface area contributed by atoms with E-state index in [-0.39, 0.29) is 0 Å². The van der Waals surface area contributed by atoms with E-state index in [0.717, 1.165) is 6.07 Å². The van der Waals surface area contributed by atoms with Gasteiger partial charge < -0.3 is 0 Å². The van der Waals surface area contributed by atoms with E-state index in [2.05, 4.69) is 26.5 Å². The van der Waals surface area contributed by atoms with E-state index in [1.165, 1.54) is 0 Å². The fourth-order valence-corrected chi connectivity index (χ4v) is 0.718. The van der Waals surface area contributed by atoms with Crippen LogP contribution in [-0.2, 0) is 0 Å². The molecule has 2 atom stereocenters. The Morgan fingerprint density at radius 3 is 1.75 bits per heavy atom. The highest BCUT2D eigenvalue weighted by Crippen LogP contribution is 1.58. The normalized spacial score (nSPS) is 45.6. The summed E-state index contributed by atoms with van der Waals surface area (Å²) in [5, 5.41) is 0. The van der Waals surface area contributed by atoms with Gasteiger partial charge in [0.05, 0.1) is 28.0 Å². The van der Waals surface area contributed by atoms with E-state index in [0.29, 0.717) is 7.85 Å². The molecule has 1 aliphatic rings. The fourth-order valence-electron chi connectivity index (χ4n) is 0.718. The molecule has 46 valence electrons. The van der Waals surface area contributed by atoms with E-state index < -0.39 is 0 Å². The molecule has 1 heterocycles. The van der Waals surface area contributed by atoms with Crippen LogP contribution in [0, 0.1) is 0 Å². The summed E-state index contributed by atoms with van der Waals surface area (Å²) < 4.78 is 0. The summed E-state index contributed by atoms with van der Waals surface area (Å²) in [6, 6.07) is 0.954. The monoisotopic (exact) mass is 113 g/mol. The molecule has 3 heteroatoms. The van der Waals surface area contributed by atoms with Crippen molar-refractivity contribution in [3.63, 3.8) is 0 Å². The molecule has 0 saturated carbocycles. The number of hydrogen-bond acceptors (Lipinski definition) is 0. The first-order chi connectivity index (χ1) is 3.72. The smallest absolute Gasteiger partial charge is 0.150 e. The third-order valence-electron chi connectivity index (χ3n) is 1.06. The Kier molecular flexibility index (Phi) is 1.40. The van der Waals surface area contributed by atoms with E-state index in [1.54, 1.807) is 9.80 Å². The predicted molar refractivity (Wildman–Crippen MR) is 36.6 cm³/mol. The molecule has 0 spiro atoms.